The molecule has 1 fully saturated rings. The highest BCUT2D eigenvalue weighted by molar-refractivity contribution is 5.93. The number of rotatable bonds is 6. The second kappa shape index (κ2) is 6.92. The molecule has 1 atom stereocenters. The fourth-order valence-corrected chi connectivity index (χ4v) is 2.80. The van der Waals surface area contributed by atoms with Gasteiger partial charge in [0.1, 0.15) is 0 Å². The molecule has 1 aliphatic heterocycles. The van der Waals surface area contributed by atoms with Crippen LogP contribution in [0.3, 0.4) is 0 Å². The molecule has 0 bridgehead atoms. The summed E-state index contributed by atoms with van der Waals surface area (Å²) in [6.45, 7) is 0.513. The third-order valence-electron chi connectivity index (χ3n) is 4.12. The number of hydrogen-bond donors (Lipinski definition) is 2. The number of carbonyl (C=O) groups excluding carboxylic acids is 1. The summed E-state index contributed by atoms with van der Waals surface area (Å²) in [5, 5.41) is 26.6. The van der Waals surface area contributed by atoms with Crippen molar-refractivity contribution in [2.24, 2.45) is 0 Å². The average Bonchev–Trinajstić information content (AvgIpc) is 3.24. The lowest BCUT2D eigenvalue weighted by Crippen LogP contribution is -2.50. The summed E-state index contributed by atoms with van der Waals surface area (Å²) in [6, 6.07) is 7.21. The molecule has 10 nitrogen and oxygen atoms in total. The normalized spacial score (nSPS) is 19.2. The maximum Gasteiger partial charge on any atom is 0.305 e. The van der Waals surface area contributed by atoms with Crippen LogP contribution in [0.4, 0.5) is 5.69 Å². The molecule has 10 heteroatoms. The van der Waals surface area contributed by atoms with Gasteiger partial charge in [-0.15, -0.1) is 0 Å². The minimum Gasteiger partial charge on any atom is -0.481 e. The highest BCUT2D eigenvalue weighted by Crippen LogP contribution is 2.23. The number of nitro groups is 1. The molecule has 1 saturated heterocycles. The van der Waals surface area contributed by atoms with E-state index in [1.165, 1.54) is 35.0 Å². The van der Waals surface area contributed by atoms with E-state index in [9.17, 15) is 19.7 Å². The standard InChI is InChI=1S/C16H16N4O6/c21-14(22)9-16(6-8-26-10-16)17-15(23)13-5-7-19(18-13)11-1-3-12(4-2-11)20(24)25/h1-5,7H,6,8-10H2,(H,17,23)(H,21,22). The van der Waals surface area contributed by atoms with Crippen LogP contribution in [0.1, 0.15) is 23.3 Å². The molecule has 1 aromatic carbocycles. The third-order valence-corrected chi connectivity index (χ3v) is 4.12. The molecule has 2 heterocycles. The van der Waals surface area contributed by atoms with Crippen LogP contribution in [0.5, 0.6) is 0 Å². The molecule has 1 unspecified atom stereocenters. The van der Waals surface area contributed by atoms with E-state index in [2.05, 4.69) is 10.4 Å². The van der Waals surface area contributed by atoms with E-state index in [0.717, 1.165) is 0 Å². The molecule has 3 rings (SSSR count). The van der Waals surface area contributed by atoms with Gasteiger partial charge >= 0.3 is 5.97 Å². The molecule has 26 heavy (non-hydrogen) atoms. The summed E-state index contributed by atoms with van der Waals surface area (Å²) in [5.41, 5.74) is -0.324. The fraction of sp³-hybridized carbons (Fsp3) is 0.312. The van der Waals surface area contributed by atoms with Gasteiger partial charge in [0.25, 0.3) is 11.6 Å². The van der Waals surface area contributed by atoms with Crippen molar-refractivity contribution in [1.29, 1.82) is 0 Å². The average molecular weight is 360 g/mol. The smallest absolute Gasteiger partial charge is 0.305 e. The topological polar surface area (TPSA) is 137 Å². The van der Waals surface area contributed by atoms with Crippen LogP contribution in [0.2, 0.25) is 0 Å². The van der Waals surface area contributed by atoms with Gasteiger partial charge in [0.2, 0.25) is 0 Å². The van der Waals surface area contributed by atoms with Crippen LogP contribution in [0, 0.1) is 10.1 Å². The van der Waals surface area contributed by atoms with Crippen molar-refractivity contribution >= 4 is 17.6 Å². The molecule has 1 aromatic heterocycles. The number of non-ortho nitro benzene ring substituents is 1. The number of carbonyl (C=O) groups is 2. The Kier molecular flexibility index (Phi) is 4.67. The third kappa shape index (κ3) is 3.70. The minimum absolute atomic E-state index is 0.0456. The zero-order valence-electron chi connectivity index (χ0n) is 13.6. The van der Waals surface area contributed by atoms with E-state index in [-0.39, 0.29) is 24.4 Å². The number of carboxylic acid groups (broad SMARTS) is 1. The van der Waals surface area contributed by atoms with Gasteiger partial charge in [0, 0.05) is 24.9 Å². The Morgan fingerprint density at radius 1 is 1.35 bits per heavy atom. The number of benzene rings is 1. The number of ether oxygens (including phenoxy) is 1. The number of carboxylic acids is 1. The molecule has 1 amide bonds. The summed E-state index contributed by atoms with van der Waals surface area (Å²) in [4.78, 5) is 33.7. The maximum atomic E-state index is 12.5. The predicted octanol–water partition coefficient (Wildman–Crippen LogP) is 1.14. The number of nitro benzene ring substituents is 1. The molecule has 2 aromatic rings. The minimum atomic E-state index is -1.02. The lowest BCUT2D eigenvalue weighted by molar-refractivity contribution is -0.384. The van der Waals surface area contributed by atoms with Crippen LogP contribution < -0.4 is 5.32 Å². The number of nitrogens with one attached hydrogen (secondary N) is 1. The highest BCUT2D eigenvalue weighted by atomic mass is 16.6. The van der Waals surface area contributed by atoms with E-state index in [0.29, 0.717) is 18.7 Å². The first-order valence-corrected chi connectivity index (χ1v) is 7.81. The summed E-state index contributed by atoms with van der Waals surface area (Å²) in [5.74, 6) is -1.52. The van der Waals surface area contributed by atoms with Crippen molar-refractivity contribution < 1.29 is 24.4 Å². The lowest BCUT2D eigenvalue weighted by Gasteiger charge is -2.26. The largest absolute Gasteiger partial charge is 0.481 e. The van der Waals surface area contributed by atoms with Gasteiger partial charge in [-0.3, -0.25) is 19.7 Å². The Morgan fingerprint density at radius 3 is 2.65 bits per heavy atom. The van der Waals surface area contributed by atoms with E-state index in [1.54, 1.807) is 6.20 Å². The van der Waals surface area contributed by atoms with E-state index in [1.807, 2.05) is 0 Å². The number of hydrogen-bond acceptors (Lipinski definition) is 6. The van der Waals surface area contributed by atoms with Crippen molar-refractivity contribution in [2.75, 3.05) is 13.2 Å². The SMILES string of the molecule is O=C(O)CC1(NC(=O)c2ccn(-c3ccc([N+](=O)[O-])cc3)n2)CCOC1. The molecule has 0 aliphatic carbocycles. The first-order chi connectivity index (χ1) is 12.4. The van der Waals surface area contributed by atoms with Crippen LogP contribution >= 0.6 is 0 Å². The van der Waals surface area contributed by atoms with Gasteiger partial charge < -0.3 is 15.2 Å². The summed E-state index contributed by atoms with van der Waals surface area (Å²) in [7, 11) is 0. The van der Waals surface area contributed by atoms with Gasteiger partial charge in [-0.25, -0.2) is 4.68 Å². The zero-order chi connectivity index (χ0) is 18.7. The monoisotopic (exact) mass is 360 g/mol. The molecular formula is C16H16N4O6. The molecule has 0 spiro atoms. The maximum absolute atomic E-state index is 12.5. The van der Waals surface area contributed by atoms with Gasteiger partial charge in [-0.1, -0.05) is 0 Å². The number of amides is 1. The Hall–Kier alpha value is -3.27. The molecule has 0 radical (unpaired) electrons. The van der Waals surface area contributed by atoms with Crippen molar-refractivity contribution in [3.63, 3.8) is 0 Å². The Morgan fingerprint density at radius 2 is 2.08 bits per heavy atom. The highest BCUT2D eigenvalue weighted by Gasteiger charge is 2.39. The van der Waals surface area contributed by atoms with Crippen molar-refractivity contribution in [1.82, 2.24) is 15.1 Å². The summed E-state index contributed by atoms with van der Waals surface area (Å²) in [6.07, 6.45) is 1.72. The fourth-order valence-electron chi connectivity index (χ4n) is 2.80. The van der Waals surface area contributed by atoms with Crippen LogP contribution in [-0.2, 0) is 9.53 Å². The number of nitrogens with zero attached hydrogens (tertiary/aromatic N) is 3. The molecule has 2 N–H and O–H groups in total. The van der Waals surface area contributed by atoms with Gasteiger partial charge in [0.15, 0.2) is 5.69 Å². The zero-order valence-corrected chi connectivity index (χ0v) is 13.6. The lowest BCUT2D eigenvalue weighted by atomic mass is 9.94. The van der Waals surface area contributed by atoms with Crippen molar-refractivity contribution in [3.05, 3.63) is 52.3 Å². The van der Waals surface area contributed by atoms with Crippen LogP contribution in [-0.4, -0.2) is 50.4 Å². The van der Waals surface area contributed by atoms with Gasteiger partial charge in [-0.2, -0.15) is 5.10 Å². The number of aliphatic carboxylic acids is 1. The van der Waals surface area contributed by atoms with Gasteiger partial charge in [-0.05, 0) is 24.6 Å². The summed E-state index contributed by atoms with van der Waals surface area (Å²) >= 11 is 0. The second-order valence-corrected chi connectivity index (χ2v) is 6.03. The quantitative estimate of drug-likeness (QED) is 0.582. The molecule has 0 saturated carbocycles. The van der Waals surface area contributed by atoms with E-state index < -0.39 is 22.3 Å². The van der Waals surface area contributed by atoms with Crippen molar-refractivity contribution in [2.45, 2.75) is 18.4 Å². The van der Waals surface area contributed by atoms with E-state index >= 15 is 0 Å². The van der Waals surface area contributed by atoms with Gasteiger partial charge in [0.05, 0.1) is 29.2 Å². The summed E-state index contributed by atoms with van der Waals surface area (Å²) < 4.78 is 6.65. The molecule has 136 valence electrons. The van der Waals surface area contributed by atoms with E-state index in [4.69, 9.17) is 9.84 Å². The number of aromatic nitrogens is 2. The Bertz CT molecular complexity index is 839. The van der Waals surface area contributed by atoms with Crippen LogP contribution in [0.25, 0.3) is 5.69 Å². The first-order valence-electron chi connectivity index (χ1n) is 7.81. The predicted molar refractivity (Wildman–Crippen MR) is 88.1 cm³/mol. The molecular weight excluding hydrogens is 344 g/mol. The van der Waals surface area contributed by atoms with Crippen LogP contribution in [0.15, 0.2) is 36.5 Å². The second-order valence-electron chi connectivity index (χ2n) is 6.03. The Labute approximate surface area is 147 Å². The first kappa shape index (κ1) is 17.5. The Balaban J connectivity index is 1.75. The molecule has 1 aliphatic rings. The van der Waals surface area contributed by atoms with Crippen molar-refractivity contribution in [3.8, 4) is 5.69 Å².